The molecule has 5 nitrogen and oxygen atoms in total. The number of carbonyl (C=O) groups excluding carboxylic acids is 1. The molecule has 0 bridgehead atoms. The number of nitrogens with zero attached hydrogens (tertiary/aromatic N) is 2. The van der Waals surface area contributed by atoms with Crippen molar-refractivity contribution in [2.24, 2.45) is 5.73 Å². The fourth-order valence-electron chi connectivity index (χ4n) is 3.45. The van der Waals surface area contributed by atoms with E-state index in [1.807, 2.05) is 18.2 Å². The van der Waals surface area contributed by atoms with Gasteiger partial charge in [-0.05, 0) is 43.7 Å². The molecule has 1 aliphatic carbocycles. The Balaban J connectivity index is 1.78. The molecule has 1 aliphatic rings. The predicted octanol–water partition coefficient (Wildman–Crippen LogP) is 3.16. The van der Waals surface area contributed by atoms with Crippen molar-refractivity contribution >= 4 is 39.2 Å². The van der Waals surface area contributed by atoms with E-state index >= 15 is 0 Å². The van der Waals surface area contributed by atoms with Gasteiger partial charge in [0.2, 0.25) is 5.91 Å². The Hall–Kier alpha value is -2.12. The van der Waals surface area contributed by atoms with Gasteiger partial charge < -0.3 is 5.73 Å². The highest BCUT2D eigenvalue weighted by molar-refractivity contribution is 8.00. The van der Waals surface area contributed by atoms with E-state index in [0.717, 1.165) is 35.9 Å². The Morgan fingerprint density at radius 1 is 1.33 bits per heavy atom. The molecule has 2 heterocycles. The molecule has 3 aromatic rings. The van der Waals surface area contributed by atoms with Gasteiger partial charge in [-0.1, -0.05) is 42.1 Å². The van der Waals surface area contributed by atoms with Gasteiger partial charge in [-0.3, -0.25) is 14.2 Å². The SMILES string of the molecule is CC(Sc1nc2sc3c(c2c(=O)n1CCc1ccccc1)CCC3)C(N)=O. The van der Waals surface area contributed by atoms with Crippen LogP contribution >= 0.6 is 23.1 Å². The number of carbonyl (C=O) groups is 1. The van der Waals surface area contributed by atoms with Gasteiger partial charge in [0.05, 0.1) is 10.6 Å². The number of thiophene rings is 1. The smallest absolute Gasteiger partial charge is 0.263 e. The van der Waals surface area contributed by atoms with Crippen molar-refractivity contribution in [3.8, 4) is 0 Å². The molecule has 0 saturated carbocycles. The minimum atomic E-state index is -0.441. The monoisotopic (exact) mass is 399 g/mol. The molecule has 27 heavy (non-hydrogen) atoms. The molecule has 4 rings (SSSR count). The third kappa shape index (κ3) is 3.53. The van der Waals surface area contributed by atoms with Crippen molar-refractivity contribution in [2.45, 2.75) is 49.6 Å². The lowest BCUT2D eigenvalue weighted by Gasteiger charge is -2.14. The maximum atomic E-state index is 13.3. The van der Waals surface area contributed by atoms with Crippen LogP contribution in [0.25, 0.3) is 10.2 Å². The first kappa shape index (κ1) is 18.3. The van der Waals surface area contributed by atoms with Crippen LogP contribution in [0.15, 0.2) is 40.3 Å². The molecule has 1 atom stereocenters. The van der Waals surface area contributed by atoms with Gasteiger partial charge in [-0.25, -0.2) is 4.98 Å². The summed E-state index contributed by atoms with van der Waals surface area (Å²) in [4.78, 5) is 31.7. The first-order chi connectivity index (χ1) is 13.0. The summed E-state index contributed by atoms with van der Waals surface area (Å²) in [5.74, 6) is -0.405. The van der Waals surface area contributed by atoms with Crippen molar-refractivity contribution in [1.29, 1.82) is 0 Å². The first-order valence-electron chi connectivity index (χ1n) is 9.09. The van der Waals surface area contributed by atoms with Crippen LogP contribution in [0.5, 0.6) is 0 Å². The van der Waals surface area contributed by atoms with Gasteiger partial charge in [0, 0.05) is 11.4 Å². The number of primary amides is 1. The van der Waals surface area contributed by atoms with Crippen LogP contribution in [0.3, 0.4) is 0 Å². The number of nitrogens with two attached hydrogens (primary N) is 1. The fraction of sp³-hybridized carbons (Fsp3) is 0.350. The highest BCUT2D eigenvalue weighted by Gasteiger charge is 2.24. The summed E-state index contributed by atoms with van der Waals surface area (Å²) in [7, 11) is 0. The minimum Gasteiger partial charge on any atom is -0.369 e. The molecule has 7 heteroatoms. The molecule has 0 fully saturated rings. The number of hydrogen-bond acceptors (Lipinski definition) is 5. The lowest BCUT2D eigenvalue weighted by atomic mass is 10.1. The molecule has 1 amide bonds. The topological polar surface area (TPSA) is 78.0 Å². The van der Waals surface area contributed by atoms with E-state index in [4.69, 9.17) is 10.7 Å². The standard InChI is InChI=1S/C20H21N3O2S2/c1-12(17(21)24)26-20-22-18-16(14-8-5-9-15(14)27-18)19(25)23(20)11-10-13-6-3-2-4-7-13/h2-4,6-7,12H,5,8-11H2,1H3,(H2,21,24). The van der Waals surface area contributed by atoms with Crippen molar-refractivity contribution in [2.75, 3.05) is 0 Å². The van der Waals surface area contributed by atoms with Crippen molar-refractivity contribution in [3.63, 3.8) is 0 Å². The normalized spacial score (nSPS) is 14.4. The fourth-order valence-corrected chi connectivity index (χ4v) is 5.63. The number of benzene rings is 1. The molecule has 2 aromatic heterocycles. The van der Waals surface area contributed by atoms with E-state index < -0.39 is 11.2 Å². The van der Waals surface area contributed by atoms with Gasteiger partial charge in [0.15, 0.2) is 5.16 Å². The molecule has 0 aliphatic heterocycles. The average molecular weight is 400 g/mol. The van der Waals surface area contributed by atoms with E-state index in [0.29, 0.717) is 11.7 Å². The number of hydrogen-bond donors (Lipinski definition) is 1. The highest BCUT2D eigenvalue weighted by Crippen LogP contribution is 2.36. The van der Waals surface area contributed by atoms with Crippen molar-refractivity contribution < 1.29 is 4.79 Å². The number of aryl methyl sites for hydroxylation is 3. The maximum absolute atomic E-state index is 13.3. The molecule has 1 aromatic carbocycles. The zero-order chi connectivity index (χ0) is 19.0. The molecule has 0 spiro atoms. The number of amides is 1. The van der Waals surface area contributed by atoms with Crippen LogP contribution in [-0.4, -0.2) is 20.7 Å². The molecule has 140 valence electrons. The lowest BCUT2D eigenvalue weighted by molar-refractivity contribution is -0.117. The van der Waals surface area contributed by atoms with Gasteiger partial charge >= 0.3 is 0 Å². The van der Waals surface area contributed by atoms with Crippen LogP contribution in [0.2, 0.25) is 0 Å². The summed E-state index contributed by atoms with van der Waals surface area (Å²) in [6.07, 6.45) is 3.82. The van der Waals surface area contributed by atoms with E-state index in [1.54, 1.807) is 22.8 Å². The zero-order valence-electron chi connectivity index (χ0n) is 15.1. The number of aromatic nitrogens is 2. The van der Waals surface area contributed by atoms with Crippen LogP contribution in [0.4, 0.5) is 0 Å². The highest BCUT2D eigenvalue weighted by atomic mass is 32.2. The minimum absolute atomic E-state index is 0.00880. The number of fused-ring (bicyclic) bond motifs is 3. The number of rotatable bonds is 6. The van der Waals surface area contributed by atoms with Gasteiger partial charge in [-0.15, -0.1) is 11.3 Å². The molecule has 2 N–H and O–H groups in total. The van der Waals surface area contributed by atoms with Crippen molar-refractivity contribution in [3.05, 3.63) is 56.7 Å². The van der Waals surface area contributed by atoms with E-state index in [-0.39, 0.29) is 5.56 Å². The molecular formula is C20H21N3O2S2. The van der Waals surface area contributed by atoms with Gasteiger partial charge in [0.1, 0.15) is 4.83 Å². The molecular weight excluding hydrogens is 378 g/mol. The quantitative estimate of drug-likeness (QED) is 0.510. The Labute approximate surface area is 165 Å². The van der Waals surface area contributed by atoms with Crippen molar-refractivity contribution in [1.82, 2.24) is 9.55 Å². The van der Waals surface area contributed by atoms with Crippen LogP contribution in [-0.2, 0) is 30.6 Å². The molecule has 1 unspecified atom stereocenters. The Kier molecular flexibility index (Phi) is 5.06. The van der Waals surface area contributed by atoms with Crippen LogP contribution in [0, 0.1) is 0 Å². The lowest BCUT2D eigenvalue weighted by Crippen LogP contribution is -2.27. The molecule has 0 saturated heterocycles. The Bertz CT molecular complexity index is 1060. The second-order valence-corrected chi connectivity index (χ2v) is 9.18. The van der Waals surface area contributed by atoms with Crippen LogP contribution < -0.4 is 11.3 Å². The second kappa shape index (κ2) is 7.48. The summed E-state index contributed by atoms with van der Waals surface area (Å²) in [5, 5.41) is 0.912. The number of thioether (sulfide) groups is 1. The zero-order valence-corrected chi connectivity index (χ0v) is 16.7. The van der Waals surface area contributed by atoms with Gasteiger partial charge in [0.25, 0.3) is 5.56 Å². The summed E-state index contributed by atoms with van der Waals surface area (Å²) in [6, 6.07) is 10.1. The third-order valence-electron chi connectivity index (χ3n) is 4.94. The molecule has 0 radical (unpaired) electrons. The predicted molar refractivity (Wildman–Crippen MR) is 111 cm³/mol. The Morgan fingerprint density at radius 3 is 2.85 bits per heavy atom. The van der Waals surface area contributed by atoms with Crippen LogP contribution in [0.1, 0.15) is 29.3 Å². The van der Waals surface area contributed by atoms with Gasteiger partial charge in [-0.2, -0.15) is 0 Å². The summed E-state index contributed by atoms with van der Waals surface area (Å²) < 4.78 is 1.73. The average Bonchev–Trinajstić information content (AvgIpc) is 3.22. The van der Waals surface area contributed by atoms with E-state index in [1.165, 1.54) is 27.8 Å². The first-order valence-corrected chi connectivity index (χ1v) is 10.8. The summed E-state index contributed by atoms with van der Waals surface area (Å²) >= 11 is 2.89. The third-order valence-corrected chi connectivity index (χ3v) is 7.23. The Morgan fingerprint density at radius 2 is 2.11 bits per heavy atom. The van der Waals surface area contributed by atoms with E-state index in [2.05, 4.69) is 12.1 Å². The summed E-state index contributed by atoms with van der Waals surface area (Å²) in [6.45, 7) is 2.28. The second-order valence-electron chi connectivity index (χ2n) is 6.79. The maximum Gasteiger partial charge on any atom is 0.263 e. The largest absolute Gasteiger partial charge is 0.369 e. The van der Waals surface area contributed by atoms with E-state index in [9.17, 15) is 9.59 Å². The summed E-state index contributed by atoms with van der Waals surface area (Å²) in [5.41, 5.74) is 7.79.